The van der Waals surface area contributed by atoms with Crippen LogP contribution in [0.5, 0.6) is 5.75 Å². The van der Waals surface area contributed by atoms with Crippen LogP contribution in [0.1, 0.15) is 19.4 Å². The Bertz CT molecular complexity index is 888. The van der Waals surface area contributed by atoms with E-state index in [9.17, 15) is 9.59 Å². The van der Waals surface area contributed by atoms with Crippen molar-refractivity contribution in [2.24, 2.45) is 5.41 Å². The second-order valence-electron chi connectivity index (χ2n) is 6.04. The number of rotatable bonds is 5. The average Bonchev–Trinajstić information content (AvgIpc) is 2.62. The maximum atomic E-state index is 12.6. The summed E-state index contributed by atoms with van der Waals surface area (Å²) in [7, 11) is 1.49. The number of hydrogen-bond acceptors (Lipinski definition) is 4. The number of anilines is 2. The number of halogens is 1. The Morgan fingerprint density at radius 3 is 2.38 bits per heavy atom. The minimum atomic E-state index is -1.38. The van der Waals surface area contributed by atoms with Gasteiger partial charge in [0.2, 0.25) is 11.8 Å². The molecule has 2 amide bonds. The summed E-state index contributed by atoms with van der Waals surface area (Å²) in [6.07, 6.45) is 0. The second kappa shape index (κ2) is 7.89. The van der Waals surface area contributed by atoms with Crippen molar-refractivity contribution in [3.8, 4) is 11.8 Å². The molecule has 26 heavy (non-hydrogen) atoms. The van der Waals surface area contributed by atoms with E-state index in [0.717, 1.165) is 0 Å². The van der Waals surface area contributed by atoms with Crippen molar-refractivity contribution >= 4 is 34.8 Å². The van der Waals surface area contributed by atoms with E-state index in [1.807, 2.05) is 6.07 Å². The summed E-state index contributed by atoms with van der Waals surface area (Å²) in [5.74, 6) is -0.558. The first-order valence-electron chi connectivity index (χ1n) is 7.75. The molecule has 6 nitrogen and oxygen atoms in total. The van der Waals surface area contributed by atoms with Crippen LogP contribution in [-0.4, -0.2) is 18.9 Å². The van der Waals surface area contributed by atoms with Gasteiger partial charge in [0.05, 0.1) is 23.4 Å². The molecule has 2 aromatic rings. The van der Waals surface area contributed by atoms with Gasteiger partial charge in [0.15, 0.2) is 0 Å². The van der Waals surface area contributed by atoms with Gasteiger partial charge in [-0.3, -0.25) is 9.59 Å². The predicted octanol–water partition coefficient (Wildman–Crippen LogP) is 3.82. The van der Waals surface area contributed by atoms with Gasteiger partial charge in [-0.15, -0.1) is 0 Å². The van der Waals surface area contributed by atoms with Crippen molar-refractivity contribution in [1.82, 2.24) is 0 Å². The van der Waals surface area contributed by atoms with Crippen LogP contribution < -0.4 is 15.4 Å². The van der Waals surface area contributed by atoms with E-state index in [0.29, 0.717) is 27.7 Å². The van der Waals surface area contributed by atoms with Gasteiger partial charge in [0.1, 0.15) is 17.2 Å². The van der Waals surface area contributed by atoms with Crippen molar-refractivity contribution in [3.05, 3.63) is 53.1 Å². The van der Waals surface area contributed by atoms with Crippen molar-refractivity contribution < 1.29 is 14.3 Å². The van der Waals surface area contributed by atoms with Crippen molar-refractivity contribution in [1.29, 1.82) is 5.26 Å². The zero-order valence-electron chi connectivity index (χ0n) is 14.6. The number of ether oxygens (including phenoxy) is 1. The molecule has 0 aliphatic carbocycles. The molecule has 2 N–H and O–H groups in total. The SMILES string of the molecule is COc1ccc(NC(=O)C(C)(C)C(=O)Nc2ccccc2C#N)cc1Cl. The lowest BCUT2D eigenvalue weighted by atomic mass is 9.90. The number of carbonyl (C=O) groups is 2. The minimum Gasteiger partial charge on any atom is -0.495 e. The standard InChI is InChI=1S/C19H18ClN3O3/c1-19(2,18(25)23-15-7-5-4-6-12(15)11-21)17(24)22-13-8-9-16(26-3)14(20)10-13/h4-10H,1-3H3,(H,22,24)(H,23,25). The van der Waals surface area contributed by atoms with Crippen molar-refractivity contribution in [3.63, 3.8) is 0 Å². The van der Waals surface area contributed by atoms with Crippen LogP contribution in [0.15, 0.2) is 42.5 Å². The first-order chi connectivity index (χ1) is 12.3. The van der Waals surface area contributed by atoms with E-state index < -0.39 is 17.2 Å². The number of hydrogen-bond donors (Lipinski definition) is 2. The molecule has 0 saturated heterocycles. The smallest absolute Gasteiger partial charge is 0.239 e. The summed E-state index contributed by atoms with van der Waals surface area (Å²) in [6, 6.07) is 13.4. The van der Waals surface area contributed by atoms with E-state index >= 15 is 0 Å². The van der Waals surface area contributed by atoms with Gasteiger partial charge in [0, 0.05) is 5.69 Å². The van der Waals surface area contributed by atoms with Crippen LogP contribution in [0.4, 0.5) is 11.4 Å². The molecule has 134 valence electrons. The monoisotopic (exact) mass is 371 g/mol. The molecule has 0 spiro atoms. The Balaban J connectivity index is 2.15. The highest BCUT2D eigenvalue weighted by atomic mass is 35.5. The van der Waals surface area contributed by atoms with Gasteiger partial charge in [-0.1, -0.05) is 23.7 Å². The number of nitrogens with zero attached hydrogens (tertiary/aromatic N) is 1. The number of nitriles is 1. The van der Waals surface area contributed by atoms with Crippen LogP contribution in [0, 0.1) is 16.7 Å². The number of carbonyl (C=O) groups excluding carboxylic acids is 2. The fourth-order valence-electron chi connectivity index (χ4n) is 2.10. The van der Waals surface area contributed by atoms with Gasteiger partial charge >= 0.3 is 0 Å². The van der Waals surface area contributed by atoms with Crippen molar-refractivity contribution in [2.75, 3.05) is 17.7 Å². The molecule has 2 rings (SSSR count). The largest absolute Gasteiger partial charge is 0.495 e. The van der Waals surface area contributed by atoms with Gasteiger partial charge in [0.25, 0.3) is 0 Å². The van der Waals surface area contributed by atoms with Gasteiger partial charge in [-0.25, -0.2) is 0 Å². The van der Waals surface area contributed by atoms with Crippen LogP contribution >= 0.6 is 11.6 Å². The number of amides is 2. The first kappa shape index (κ1) is 19.3. The molecule has 0 aliphatic heterocycles. The molecule has 0 saturated carbocycles. The topological polar surface area (TPSA) is 91.2 Å². The zero-order valence-corrected chi connectivity index (χ0v) is 15.3. The van der Waals surface area contributed by atoms with Gasteiger partial charge < -0.3 is 15.4 Å². The summed E-state index contributed by atoms with van der Waals surface area (Å²) < 4.78 is 5.06. The quantitative estimate of drug-likeness (QED) is 0.781. The highest BCUT2D eigenvalue weighted by molar-refractivity contribution is 6.32. The Labute approximate surface area is 156 Å². The number of benzene rings is 2. The maximum Gasteiger partial charge on any atom is 0.239 e. The highest BCUT2D eigenvalue weighted by Gasteiger charge is 2.36. The molecule has 2 aromatic carbocycles. The van der Waals surface area contributed by atoms with Crippen LogP contribution in [0.2, 0.25) is 5.02 Å². The number of methoxy groups -OCH3 is 1. The van der Waals surface area contributed by atoms with E-state index in [1.54, 1.807) is 36.4 Å². The second-order valence-corrected chi connectivity index (χ2v) is 6.45. The van der Waals surface area contributed by atoms with E-state index in [4.69, 9.17) is 21.6 Å². The van der Waals surface area contributed by atoms with Crippen LogP contribution in [-0.2, 0) is 9.59 Å². The summed E-state index contributed by atoms with van der Waals surface area (Å²) in [5, 5.41) is 14.7. The lowest BCUT2D eigenvalue weighted by Gasteiger charge is -2.23. The molecular formula is C19H18ClN3O3. The maximum absolute atomic E-state index is 12.6. The van der Waals surface area contributed by atoms with E-state index in [-0.39, 0.29) is 0 Å². The van der Waals surface area contributed by atoms with Crippen LogP contribution in [0.3, 0.4) is 0 Å². The molecule has 0 heterocycles. The number of para-hydroxylation sites is 1. The summed E-state index contributed by atoms with van der Waals surface area (Å²) in [6.45, 7) is 3.00. The molecule has 0 radical (unpaired) electrons. The van der Waals surface area contributed by atoms with Gasteiger partial charge in [-0.2, -0.15) is 5.26 Å². The number of nitrogens with one attached hydrogen (secondary N) is 2. The van der Waals surface area contributed by atoms with E-state index in [1.165, 1.54) is 27.0 Å². The summed E-state index contributed by atoms with van der Waals surface area (Å²) in [5.41, 5.74) is -0.263. The minimum absolute atomic E-state index is 0.319. The first-order valence-corrected chi connectivity index (χ1v) is 8.13. The fraction of sp³-hybridized carbons (Fsp3) is 0.211. The molecule has 7 heteroatoms. The molecule has 0 unspecified atom stereocenters. The van der Waals surface area contributed by atoms with E-state index in [2.05, 4.69) is 10.6 Å². The lowest BCUT2D eigenvalue weighted by Crippen LogP contribution is -2.41. The summed E-state index contributed by atoms with van der Waals surface area (Å²) in [4.78, 5) is 25.1. The fourth-order valence-corrected chi connectivity index (χ4v) is 2.36. The third-order valence-electron chi connectivity index (χ3n) is 3.84. The molecular weight excluding hydrogens is 354 g/mol. The Kier molecular flexibility index (Phi) is 5.86. The zero-order chi connectivity index (χ0) is 19.3. The Morgan fingerprint density at radius 1 is 1.12 bits per heavy atom. The Morgan fingerprint density at radius 2 is 1.77 bits per heavy atom. The third-order valence-corrected chi connectivity index (χ3v) is 4.14. The van der Waals surface area contributed by atoms with Gasteiger partial charge in [-0.05, 0) is 44.2 Å². The Hall–Kier alpha value is -3.04. The highest BCUT2D eigenvalue weighted by Crippen LogP contribution is 2.29. The average molecular weight is 372 g/mol. The summed E-state index contributed by atoms with van der Waals surface area (Å²) >= 11 is 6.04. The lowest BCUT2D eigenvalue weighted by molar-refractivity contribution is -0.135. The molecule has 0 bridgehead atoms. The molecule has 0 aromatic heterocycles. The molecule has 0 atom stereocenters. The normalized spacial score (nSPS) is 10.6. The molecule has 0 fully saturated rings. The predicted molar refractivity (Wildman–Crippen MR) is 100 cm³/mol. The third kappa shape index (κ3) is 4.13. The van der Waals surface area contributed by atoms with Crippen LogP contribution in [0.25, 0.3) is 0 Å². The van der Waals surface area contributed by atoms with Crippen molar-refractivity contribution in [2.45, 2.75) is 13.8 Å². The molecule has 0 aliphatic rings.